The number of hydrogen-bond acceptors (Lipinski definition) is 5. The van der Waals surface area contributed by atoms with Gasteiger partial charge in [0.1, 0.15) is 11.7 Å². The molecule has 180 valence electrons. The third-order valence-electron chi connectivity index (χ3n) is 4.41. The number of carbonyl (C=O) groups is 2. The van der Waals surface area contributed by atoms with E-state index in [0.29, 0.717) is 32.2 Å². The van der Waals surface area contributed by atoms with E-state index in [1.165, 1.54) is 0 Å². The summed E-state index contributed by atoms with van der Waals surface area (Å²) >= 11 is 0. The molecule has 9 nitrogen and oxygen atoms in total. The molecule has 1 heterocycles. The van der Waals surface area contributed by atoms with E-state index < -0.39 is 11.7 Å². The second kappa shape index (κ2) is 14.1. The Morgan fingerprint density at radius 2 is 1.94 bits per heavy atom. The molecule has 1 aromatic rings. The summed E-state index contributed by atoms with van der Waals surface area (Å²) in [6.07, 6.45) is 1.65. The van der Waals surface area contributed by atoms with E-state index in [-0.39, 0.29) is 36.0 Å². The van der Waals surface area contributed by atoms with Crippen LogP contribution in [0.15, 0.2) is 29.3 Å². The first kappa shape index (κ1) is 28.0. The molecule has 0 radical (unpaired) electrons. The summed E-state index contributed by atoms with van der Waals surface area (Å²) in [6.45, 7) is 7.84. The van der Waals surface area contributed by atoms with Gasteiger partial charge in [0, 0.05) is 39.0 Å². The summed E-state index contributed by atoms with van der Waals surface area (Å²) in [6, 6.07) is 7.67. The van der Waals surface area contributed by atoms with Gasteiger partial charge in [0.15, 0.2) is 5.96 Å². The van der Waals surface area contributed by atoms with Gasteiger partial charge in [0.05, 0.1) is 0 Å². The first-order chi connectivity index (χ1) is 14.8. The Hall–Kier alpha value is -2.08. The number of halogens is 1. The lowest BCUT2D eigenvalue weighted by Crippen LogP contribution is -2.39. The molecule has 2 amide bonds. The third kappa shape index (κ3) is 11.0. The highest BCUT2D eigenvalue weighted by molar-refractivity contribution is 14.0. The summed E-state index contributed by atoms with van der Waals surface area (Å²) in [4.78, 5) is 28.0. The van der Waals surface area contributed by atoms with E-state index >= 15 is 0 Å². The number of aliphatic imine (C=N–C) groups is 1. The lowest BCUT2D eigenvalue weighted by atomic mass is 10.2. The van der Waals surface area contributed by atoms with Gasteiger partial charge in [-0.15, -0.1) is 24.0 Å². The second-order valence-corrected chi connectivity index (χ2v) is 8.33. The Kier molecular flexibility index (Phi) is 12.4. The molecule has 2 rings (SSSR count). The van der Waals surface area contributed by atoms with Crippen molar-refractivity contribution in [2.75, 3.05) is 32.1 Å². The molecule has 0 bridgehead atoms. The minimum absolute atomic E-state index is 0. The van der Waals surface area contributed by atoms with E-state index in [2.05, 4.69) is 26.3 Å². The number of benzene rings is 1. The molecule has 4 N–H and O–H groups in total. The predicted octanol–water partition coefficient (Wildman–Crippen LogP) is 3.00. The zero-order valence-electron chi connectivity index (χ0n) is 19.3. The molecule has 1 aliphatic heterocycles. The molecule has 10 heteroatoms. The lowest BCUT2D eigenvalue weighted by molar-refractivity contribution is -0.124. The monoisotopic (exact) mass is 561 g/mol. The molecule has 1 aromatic carbocycles. The van der Waals surface area contributed by atoms with Gasteiger partial charge in [-0.05, 0) is 57.7 Å². The Labute approximate surface area is 207 Å². The Balaban J connectivity index is 0.00000512. The van der Waals surface area contributed by atoms with E-state index in [1.54, 1.807) is 7.05 Å². The molecular weight excluding hydrogens is 525 g/mol. The average Bonchev–Trinajstić information content (AvgIpc) is 3.24. The Bertz CT molecular complexity index is 761. The minimum atomic E-state index is -0.501. The number of alkyl carbamates (subject to hydrolysis) is 1. The van der Waals surface area contributed by atoms with Crippen molar-refractivity contribution in [1.82, 2.24) is 16.0 Å². The van der Waals surface area contributed by atoms with Crippen LogP contribution in [0.25, 0.3) is 0 Å². The number of anilines is 1. The average molecular weight is 561 g/mol. The van der Waals surface area contributed by atoms with Gasteiger partial charge in [-0.3, -0.25) is 9.79 Å². The number of ether oxygens (including phenoxy) is 2. The molecule has 1 fully saturated rings. The standard InChI is InChI=1S/C22H35N5O4.HI/c1-22(2,3)31-21(29)25-12-7-11-24-20(23-4)26-15-16-8-5-9-17(14-16)27-19(28)18-10-6-13-30-18;/h5,8-9,14,18H,6-7,10-13,15H2,1-4H3,(H,25,29)(H,27,28)(H2,23,24,26);1H. The maximum absolute atomic E-state index is 12.2. The van der Waals surface area contributed by atoms with E-state index in [1.807, 2.05) is 45.0 Å². The first-order valence-electron chi connectivity index (χ1n) is 10.7. The van der Waals surface area contributed by atoms with E-state index in [0.717, 1.165) is 30.5 Å². The van der Waals surface area contributed by atoms with Gasteiger partial charge in [-0.1, -0.05) is 12.1 Å². The highest BCUT2D eigenvalue weighted by Crippen LogP contribution is 2.16. The van der Waals surface area contributed by atoms with Gasteiger partial charge in [0.2, 0.25) is 0 Å². The SMILES string of the molecule is CN=C(NCCCNC(=O)OC(C)(C)C)NCc1cccc(NC(=O)C2CCCO2)c1.I. The van der Waals surface area contributed by atoms with Crippen LogP contribution in [-0.2, 0) is 20.8 Å². The molecule has 32 heavy (non-hydrogen) atoms. The van der Waals surface area contributed by atoms with Crippen LogP contribution in [0.5, 0.6) is 0 Å². The molecule has 0 aliphatic carbocycles. The molecule has 1 unspecified atom stereocenters. The highest BCUT2D eigenvalue weighted by Gasteiger charge is 2.23. The summed E-state index contributed by atoms with van der Waals surface area (Å²) in [5, 5.41) is 12.1. The number of hydrogen-bond donors (Lipinski definition) is 4. The van der Waals surface area contributed by atoms with Crippen molar-refractivity contribution in [3.05, 3.63) is 29.8 Å². The molecular formula is C22H36IN5O4. The summed E-state index contributed by atoms with van der Waals surface area (Å²) in [5.74, 6) is 0.561. The van der Waals surface area contributed by atoms with Crippen molar-refractivity contribution < 1.29 is 19.1 Å². The predicted molar refractivity (Wildman–Crippen MR) is 137 cm³/mol. The van der Waals surface area contributed by atoms with Gasteiger partial charge < -0.3 is 30.7 Å². The van der Waals surface area contributed by atoms with Crippen LogP contribution >= 0.6 is 24.0 Å². The van der Waals surface area contributed by atoms with Gasteiger partial charge in [-0.2, -0.15) is 0 Å². The van der Waals surface area contributed by atoms with Gasteiger partial charge >= 0.3 is 6.09 Å². The van der Waals surface area contributed by atoms with Crippen molar-refractivity contribution >= 4 is 47.6 Å². The molecule has 0 spiro atoms. The fourth-order valence-electron chi connectivity index (χ4n) is 2.97. The van der Waals surface area contributed by atoms with Crippen LogP contribution in [0.4, 0.5) is 10.5 Å². The van der Waals surface area contributed by atoms with Crippen molar-refractivity contribution in [3.63, 3.8) is 0 Å². The van der Waals surface area contributed by atoms with Crippen molar-refractivity contribution in [1.29, 1.82) is 0 Å². The summed E-state index contributed by atoms with van der Waals surface area (Å²) in [5.41, 5.74) is 1.26. The van der Waals surface area contributed by atoms with E-state index in [9.17, 15) is 9.59 Å². The van der Waals surface area contributed by atoms with Gasteiger partial charge in [-0.25, -0.2) is 4.79 Å². The van der Waals surface area contributed by atoms with Gasteiger partial charge in [0.25, 0.3) is 5.91 Å². The molecule has 1 saturated heterocycles. The highest BCUT2D eigenvalue weighted by atomic mass is 127. The lowest BCUT2D eigenvalue weighted by Gasteiger charge is -2.19. The zero-order valence-corrected chi connectivity index (χ0v) is 21.7. The largest absolute Gasteiger partial charge is 0.444 e. The van der Waals surface area contributed by atoms with Crippen LogP contribution in [0.3, 0.4) is 0 Å². The molecule has 1 aliphatic rings. The fourth-order valence-corrected chi connectivity index (χ4v) is 2.97. The zero-order chi connectivity index (χ0) is 22.7. The molecule has 0 aromatic heterocycles. The maximum Gasteiger partial charge on any atom is 0.407 e. The van der Waals surface area contributed by atoms with E-state index in [4.69, 9.17) is 9.47 Å². The second-order valence-electron chi connectivity index (χ2n) is 8.33. The first-order valence-corrected chi connectivity index (χ1v) is 10.7. The van der Waals surface area contributed by atoms with Crippen molar-refractivity contribution in [2.24, 2.45) is 4.99 Å². The number of nitrogens with one attached hydrogen (secondary N) is 4. The Morgan fingerprint density at radius 3 is 2.59 bits per heavy atom. The normalized spacial score (nSPS) is 16.0. The van der Waals surface area contributed by atoms with Crippen molar-refractivity contribution in [3.8, 4) is 0 Å². The number of rotatable bonds is 8. The number of guanidine groups is 1. The number of nitrogens with zero attached hydrogens (tertiary/aromatic N) is 1. The Morgan fingerprint density at radius 1 is 1.19 bits per heavy atom. The fraction of sp³-hybridized carbons (Fsp3) is 0.591. The number of amides is 2. The quantitative estimate of drug-likeness (QED) is 0.168. The third-order valence-corrected chi connectivity index (χ3v) is 4.41. The van der Waals surface area contributed by atoms with Crippen LogP contribution in [0.1, 0.15) is 45.6 Å². The van der Waals surface area contributed by atoms with Crippen LogP contribution < -0.4 is 21.3 Å². The van der Waals surface area contributed by atoms with Crippen LogP contribution in [0.2, 0.25) is 0 Å². The van der Waals surface area contributed by atoms with Crippen LogP contribution in [-0.4, -0.2) is 56.4 Å². The molecule has 1 atom stereocenters. The molecule has 0 saturated carbocycles. The summed E-state index contributed by atoms with van der Waals surface area (Å²) < 4.78 is 10.6. The smallest absolute Gasteiger partial charge is 0.407 e. The summed E-state index contributed by atoms with van der Waals surface area (Å²) in [7, 11) is 1.70. The maximum atomic E-state index is 12.2. The van der Waals surface area contributed by atoms with Crippen LogP contribution in [0, 0.1) is 0 Å². The minimum Gasteiger partial charge on any atom is -0.444 e. The topological polar surface area (TPSA) is 113 Å². The number of carbonyl (C=O) groups excluding carboxylic acids is 2. The van der Waals surface area contributed by atoms with Crippen molar-refractivity contribution in [2.45, 2.75) is 58.3 Å².